The molecule has 3 nitrogen and oxygen atoms in total. The molecule has 0 bridgehead atoms. The summed E-state index contributed by atoms with van der Waals surface area (Å²) in [6.07, 6.45) is 7.67. The Morgan fingerprint density at radius 3 is 2.40 bits per heavy atom. The molecule has 2 aromatic rings. The Hall–Kier alpha value is -1.74. The minimum atomic E-state index is 0.0802. The molecule has 20 heavy (non-hydrogen) atoms. The molecule has 1 aliphatic carbocycles. The van der Waals surface area contributed by atoms with E-state index in [1.165, 1.54) is 30.4 Å². The minimum absolute atomic E-state index is 0.0802. The number of hydrogen-bond donors (Lipinski definition) is 1. The molecule has 3 heteroatoms. The normalized spacial score (nSPS) is 16.6. The standard InChI is InChI=1S/C17H21N3/c1-2-18-16(17-19-11-4-12-20-17)15-9-7-14(8-10-15)13-5-3-6-13/h4,7-13,16,18H,2-3,5-6H2,1H3. The summed E-state index contributed by atoms with van der Waals surface area (Å²) in [6.45, 7) is 3.01. The van der Waals surface area contributed by atoms with Crippen LogP contribution in [0.1, 0.15) is 55.1 Å². The summed E-state index contributed by atoms with van der Waals surface area (Å²) in [7, 11) is 0. The number of aromatic nitrogens is 2. The summed E-state index contributed by atoms with van der Waals surface area (Å²) in [4.78, 5) is 8.77. The van der Waals surface area contributed by atoms with Crippen molar-refractivity contribution < 1.29 is 0 Å². The third-order valence-electron chi connectivity index (χ3n) is 4.10. The van der Waals surface area contributed by atoms with Crippen molar-refractivity contribution in [1.82, 2.24) is 15.3 Å². The molecular weight excluding hydrogens is 246 g/mol. The minimum Gasteiger partial charge on any atom is -0.304 e. The second-order valence-corrected chi connectivity index (χ2v) is 5.39. The highest BCUT2D eigenvalue weighted by molar-refractivity contribution is 5.31. The lowest BCUT2D eigenvalue weighted by Crippen LogP contribution is -2.24. The third-order valence-corrected chi connectivity index (χ3v) is 4.10. The lowest BCUT2D eigenvalue weighted by atomic mass is 9.80. The average molecular weight is 267 g/mol. The molecule has 104 valence electrons. The zero-order chi connectivity index (χ0) is 13.8. The van der Waals surface area contributed by atoms with Gasteiger partial charge in [0.25, 0.3) is 0 Å². The van der Waals surface area contributed by atoms with Crippen molar-refractivity contribution in [3.63, 3.8) is 0 Å². The molecule has 0 amide bonds. The number of nitrogens with zero attached hydrogens (tertiary/aromatic N) is 2. The van der Waals surface area contributed by atoms with Crippen LogP contribution in [0.3, 0.4) is 0 Å². The molecule has 0 aliphatic heterocycles. The summed E-state index contributed by atoms with van der Waals surface area (Å²) < 4.78 is 0. The zero-order valence-electron chi connectivity index (χ0n) is 11.9. The van der Waals surface area contributed by atoms with E-state index < -0.39 is 0 Å². The van der Waals surface area contributed by atoms with Gasteiger partial charge in [0, 0.05) is 12.4 Å². The van der Waals surface area contributed by atoms with Gasteiger partial charge in [0.05, 0.1) is 6.04 Å². The maximum atomic E-state index is 4.39. The fraction of sp³-hybridized carbons (Fsp3) is 0.412. The molecule has 0 spiro atoms. The fourth-order valence-electron chi connectivity index (χ4n) is 2.72. The van der Waals surface area contributed by atoms with Gasteiger partial charge < -0.3 is 5.32 Å². The Morgan fingerprint density at radius 1 is 1.15 bits per heavy atom. The van der Waals surface area contributed by atoms with Crippen molar-refractivity contribution in [3.05, 3.63) is 59.7 Å². The van der Waals surface area contributed by atoms with E-state index in [1.54, 1.807) is 12.4 Å². The first-order chi connectivity index (χ1) is 9.88. The molecule has 1 aromatic heterocycles. The average Bonchev–Trinajstić information content (AvgIpc) is 2.45. The summed E-state index contributed by atoms with van der Waals surface area (Å²) in [6, 6.07) is 10.9. The first-order valence-corrected chi connectivity index (χ1v) is 7.48. The molecule has 0 radical (unpaired) electrons. The van der Waals surface area contributed by atoms with Crippen LogP contribution < -0.4 is 5.32 Å². The Labute approximate surface area is 120 Å². The van der Waals surface area contributed by atoms with Crippen LogP contribution in [0.15, 0.2) is 42.7 Å². The monoisotopic (exact) mass is 267 g/mol. The lowest BCUT2D eigenvalue weighted by molar-refractivity contribution is 0.419. The van der Waals surface area contributed by atoms with E-state index in [0.717, 1.165) is 18.3 Å². The summed E-state index contributed by atoms with van der Waals surface area (Å²) in [5.74, 6) is 1.63. The quantitative estimate of drug-likeness (QED) is 0.901. The molecule has 1 atom stereocenters. The van der Waals surface area contributed by atoms with E-state index in [9.17, 15) is 0 Å². The van der Waals surface area contributed by atoms with Crippen LogP contribution >= 0.6 is 0 Å². The van der Waals surface area contributed by atoms with Gasteiger partial charge >= 0.3 is 0 Å². The number of benzene rings is 1. The maximum Gasteiger partial charge on any atom is 0.149 e. The lowest BCUT2D eigenvalue weighted by Gasteiger charge is -2.26. The van der Waals surface area contributed by atoms with Crippen LogP contribution in [-0.4, -0.2) is 16.5 Å². The van der Waals surface area contributed by atoms with E-state index in [4.69, 9.17) is 0 Å². The molecule has 1 N–H and O–H groups in total. The van der Waals surface area contributed by atoms with Gasteiger partial charge in [0.15, 0.2) is 0 Å². The molecule has 1 aliphatic rings. The molecule has 1 fully saturated rings. The first-order valence-electron chi connectivity index (χ1n) is 7.48. The third kappa shape index (κ3) is 2.73. The Balaban J connectivity index is 1.83. The van der Waals surface area contributed by atoms with E-state index in [0.29, 0.717) is 0 Å². The van der Waals surface area contributed by atoms with Crippen molar-refractivity contribution in [3.8, 4) is 0 Å². The number of rotatable bonds is 5. The van der Waals surface area contributed by atoms with E-state index in [-0.39, 0.29) is 6.04 Å². The van der Waals surface area contributed by atoms with Crippen molar-refractivity contribution in [2.45, 2.75) is 38.1 Å². The SMILES string of the molecule is CCNC(c1ccc(C2CCC2)cc1)c1ncccn1. The van der Waals surface area contributed by atoms with Gasteiger partial charge in [-0.25, -0.2) is 9.97 Å². The topological polar surface area (TPSA) is 37.8 Å². The Kier molecular flexibility index (Phi) is 4.07. The van der Waals surface area contributed by atoms with E-state index in [2.05, 4.69) is 46.5 Å². The fourth-order valence-corrected chi connectivity index (χ4v) is 2.72. The summed E-state index contributed by atoms with van der Waals surface area (Å²) >= 11 is 0. The largest absolute Gasteiger partial charge is 0.304 e. The van der Waals surface area contributed by atoms with E-state index in [1.807, 2.05) is 6.07 Å². The molecule has 0 saturated heterocycles. The van der Waals surface area contributed by atoms with Gasteiger partial charge in [-0.05, 0) is 42.5 Å². The molecule has 1 unspecified atom stereocenters. The molecule has 1 aromatic carbocycles. The molecule has 3 rings (SSSR count). The number of nitrogens with one attached hydrogen (secondary N) is 1. The molecule has 1 heterocycles. The van der Waals surface area contributed by atoms with Gasteiger partial charge in [-0.1, -0.05) is 37.6 Å². The van der Waals surface area contributed by atoms with E-state index >= 15 is 0 Å². The highest BCUT2D eigenvalue weighted by Crippen LogP contribution is 2.36. The zero-order valence-corrected chi connectivity index (χ0v) is 11.9. The summed E-state index contributed by atoms with van der Waals surface area (Å²) in [5.41, 5.74) is 2.71. The van der Waals surface area contributed by atoms with Crippen LogP contribution in [0.5, 0.6) is 0 Å². The first kappa shape index (κ1) is 13.3. The Morgan fingerprint density at radius 2 is 1.85 bits per heavy atom. The summed E-state index contributed by atoms with van der Waals surface area (Å²) in [5, 5.41) is 3.47. The second kappa shape index (κ2) is 6.14. The van der Waals surface area contributed by atoms with Crippen LogP contribution in [0.25, 0.3) is 0 Å². The van der Waals surface area contributed by atoms with Gasteiger partial charge in [-0.2, -0.15) is 0 Å². The van der Waals surface area contributed by atoms with Crippen LogP contribution in [-0.2, 0) is 0 Å². The van der Waals surface area contributed by atoms with Crippen molar-refractivity contribution >= 4 is 0 Å². The Bertz CT molecular complexity index is 532. The van der Waals surface area contributed by atoms with Crippen LogP contribution in [0.4, 0.5) is 0 Å². The van der Waals surface area contributed by atoms with Crippen LogP contribution in [0, 0.1) is 0 Å². The molecular formula is C17H21N3. The second-order valence-electron chi connectivity index (χ2n) is 5.39. The van der Waals surface area contributed by atoms with Crippen LogP contribution in [0.2, 0.25) is 0 Å². The van der Waals surface area contributed by atoms with Gasteiger partial charge in [-0.15, -0.1) is 0 Å². The van der Waals surface area contributed by atoms with Gasteiger partial charge in [-0.3, -0.25) is 0 Å². The maximum absolute atomic E-state index is 4.39. The smallest absolute Gasteiger partial charge is 0.149 e. The van der Waals surface area contributed by atoms with Gasteiger partial charge in [0.2, 0.25) is 0 Å². The van der Waals surface area contributed by atoms with Gasteiger partial charge in [0.1, 0.15) is 5.82 Å². The van der Waals surface area contributed by atoms with Crippen molar-refractivity contribution in [2.75, 3.05) is 6.54 Å². The van der Waals surface area contributed by atoms with Crippen molar-refractivity contribution in [2.24, 2.45) is 0 Å². The highest BCUT2D eigenvalue weighted by atomic mass is 15.0. The van der Waals surface area contributed by atoms with Crippen molar-refractivity contribution in [1.29, 1.82) is 0 Å². The highest BCUT2D eigenvalue weighted by Gasteiger charge is 2.20. The number of hydrogen-bond acceptors (Lipinski definition) is 3. The predicted octanol–water partition coefficient (Wildman–Crippen LogP) is 3.44. The predicted molar refractivity (Wildman–Crippen MR) is 80.6 cm³/mol. The molecule has 1 saturated carbocycles.